The molecular formula is C34H58KO8P2. The van der Waals surface area contributed by atoms with Crippen LogP contribution in [-0.2, 0) is 52.2 Å². The summed E-state index contributed by atoms with van der Waals surface area (Å²) in [7, 11) is -7.31. The van der Waals surface area contributed by atoms with Gasteiger partial charge in [0.1, 0.15) is 11.5 Å². The monoisotopic (exact) mass is 695 g/mol. The molecule has 0 saturated heterocycles. The van der Waals surface area contributed by atoms with Gasteiger partial charge in [0, 0.05) is 51.4 Å². The van der Waals surface area contributed by atoms with Gasteiger partial charge in [-0.25, -0.2) is 0 Å². The predicted octanol–water partition coefficient (Wildman–Crippen LogP) is 9.04. The number of aromatic hydroxyl groups is 2. The summed E-state index contributed by atoms with van der Waals surface area (Å²) in [5, 5.41) is 21.2. The second-order valence-electron chi connectivity index (χ2n) is 15.5. The number of benzene rings is 2. The van der Waals surface area contributed by atoms with E-state index in [-0.39, 0.29) is 110 Å². The SMILES string of the molecule is CCOP(=O)(O)Cc1cc(C(C)(C)C)c(O)c(C(C)(C)C)c1.CCOP(=O)(O)Cc1cc(C(C)(C)C)c(O)c(C(C)(C)C)c1.[K]. The summed E-state index contributed by atoms with van der Waals surface area (Å²) in [4.78, 5) is 19.8. The van der Waals surface area contributed by atoms with Gasteiger partial charge in [-0.15, -0.1) is 0 Å². The maximum Gasteiger partial charge on any atom is 0.332 e. The molecule has 2 aromatic carbocycles. The van der Waals surface area contributed by atoms with Crippen LogP contribution in [0.5, 0.6) is 11.5 Å². The molecule has 0 heterocycles. The fraction of sp³-hybridized carbons (Fsp3) is 0.647. The first-order valence-corrected chi connectivity index (χ1v) is 18.7. The zero-order valence-corrected chi connectivity index (χ0v) is 35.4. The zero-order chi connectivity index (χ0) is 34.7. The first-order chi connectivity index (χ1) is 19.6. The van der Waals surface area contributed by atoms with E-state index in [9.17, 15) is 29.1 Å². The van der Waals surface area contributed by atoms with E-state index >= 15 is 0 Å². The number of hydrogen-bond acceptors (Lipinski definition) is 6. The minimum absolute atomic E-state index is 0. The van der Waals surface area contributed by atoms with Gasteiger partial charge in [0.2, 0.25) is 0 Å². The molecule has 1 radical (unpaired) electrons. The average molecular weight is 696 g/mol. The van der Waals surface area contributed by atoms with Gasteiger partial charge in [-0.2, -0.15) is 0 Å². The first-order valence-electron chi connectivity index (χ1n) is 15.2. The Morgan fingerprint density at radius 1 is 0.533 bits per heavy atom. The Kier molecular flexibility index (Phi) is 16.6. The Morgan fingerprint density at radius 2 is 0.733 bits per heavy atom. The van der Waals surface area contributed by atoms with E-state index in [2.05, 4.69) is 0 Å². The van der Waals surface area contributed by atoms with Crippen LogP contribution in [0.4, 0.5) is 0 Å². The van der Waals surface area contributed by atoms with Crippen molar-refractivity contribution in [3.63, 3.8) is 0 Å². The molecule has 2 aromatic rings. The molecule has 2 atom stereocenters. The third-order valence-corrected chi connectivity index (χ3v) is 9.85. The molecule has 45 heavy (non-hydrogen) atoms. The van der Waals surface area contributed by atoms with Gasteiger partial charge in [0.25, 0.3) is 0 Å². The van der Waals surface area contributed by atoms with Crippen LogP contribution in [0.2, 0.25) is 0 Å². The molecule has 8 nitrogen and oxygen atoms in total. The quantitative estimate of drug-likeness (QED) is 0.159. The molecule has 0 fully saturated rings. The molecule has 0 spiro atoms. The van der Waals surface area contributed by atoms with E-state index in [1.54, 1.807) is 13.8 Å². The van der Waals surface area contributed by atoms with E-state index in [0.29, 0.717) is 11.1 Å². The van der Waals surface area contributed by atoms with Crippen molar-refractivity contribution in [1.82, 2.24) is 0 Å². The summed E-state index contributed by atoms with van der Waals surface area (Å²) < 4.78 is 34.0. The molecule has 2 unspecified atom stereocenters. The normalized spacial score (nSPS) is 15.3. The summed E-state index contributed by atoms with van der Waals surface area (Å²) in [6.45, 7) is 27.9. The van der Waals surface area contributed by atoms with Crippen LogP contribution in [0, 0.1) is 0 Å². The van der Waals surface area contributed by atoms with Crippen molar-refractivity contribution in [2.45, 2.75) is 131 Å². The summed E-state index contributed by atoms with van der Waals surface area (Å²) in [5.41, 5.74) is 3.53. The molecule has 11 heteroatoms. The van der Waals surface area contributed by atoms with E-state index < -0.39 is 15.2 Å². The minimum atomic E-state index is -3.66. The molecule has 253 valence electrons. The second-order valence-corrected chi connectivity index (χ2v) is 19.2. The van der Waals surface area contributed by atoms with Crippen molar-refractivity contribution in [2.24, 2.45) is 0 Å². The molecule has 0 aliphatic heterocycles. The molecule has 0 bridgehead atoms. The Hall–Kier alpha value is -0.0236. The van der Waals surface area contributed by atoms with Gasteiger partial charge >= 0.3 is 15.2 Å². The van der Waals surface area contributed by atoms with Gasteiger partial charge in [0.05, 0.1) is 25.5 Å². The van der Waals surface area contributed by atoms with Crippen LogP contribution in [0.15, 0.2) is 24.3 Å². The average Bonchev–Trinajstić information content (AvgIpc) is 2.78. The molecule has 0 saturated carbocycles. The first kappa shape index (κ1) is 45.0. The Morgan fingerprint density at radius 3 is 0.889 bits per heavy atom. The van der Waals surface area contributed by atoms with Gasteiger partial charge in [0.15, 0.2) is 0 Å². The zero-order valence-electron chi connectivity index (χ0n) is 30.5. The third kappa shape index (κ3) is 14.2. The van der Waals surface area contributed by atoms with Crippen LogP contribution in [0.3, 0.4) is 0 Å². The van der Waals surface area contributed by atoms with Crippen LogP contribution < -0.4 is 0 Å². The number of phenolic OH excluding ortho intramolecular Hbond substituents is 2. The van der Waals surface area contributed by atoms with E-state index in [1.807, 2.05) is 107 Å². The summed E-state index contributed by atoms with van der Waals surface area (Å²) >= 11 is 0. The smallest absolute Gasteiger partial charge is 0.332 e. The fourth-order valence-corrected chi connectivity index (χ4v) is 7.09. The molecule has 4 N–H and O–H groups in total. The molecule has 0 aliphatic carbocycles. The fourth-order valence-electron chi connectivity index (χ4n) is 4.81. The van der Waals surface area contributed by atoms with Crippen LogP contribution in [0.25, 0.3) is 0 Å². The van der Waals surface area contributed by atoms with Crippen molar-refractivity contribution in [3.8, 4) is 11.5 Å². The standard InChI is InChI=1S/2C17H29O4P.K/c2*1-8-21-22(19,20)11-12-9-13(16(2,3)4)15(18)14(10-12)17(5,6)7;/h2*9-10,18H,8,11H2,1-7H3,(H,19,20);. The van der Waals surface area contributed by atoms with E-state index in [1.165, 1.54) is 0 Å². The molecular weight excluding hydrogens is 637 g/mol. The van der Waals surface area contributed by atoms with Crippen LogP contribution >= 0.6 is 15.2 Å². The van der Waals surface area contributed by atoms with E-state index in [0.717, 1.165) is 22.3 Å². The van der Waals surface area contributed by atoms with Crippen LogP contribution in [0.1, 0.15) is 130 Å². The van der Waals surface area contributed by atoms with Crippen molar-refractivity contribution in [3.05, 3.63) is 57.6 Å². The topological polar surface area (TPSA) is 134 Å². The summed E-state index contributed by atoms with van der Waals surface area (Å²) in [5.74, 6) is 0.542. The van der Waals surface area contributed by atoms with Gasteiger partial charge in [-0.1, -0.05) is 107 Å². The van der Waals surface area contributed by atoms with Crippen molar-refractivity contribution >= 4 is 66.6 Å². The van der Waals surface area contributed by atoms with Crippen molar-refractivity contribution in [2.75, 3.05) is 13.2 Å². The maximum absolute atomic E-state index is 12.1. The molecule has 0 amide bonds. The maximum atomic E-state index is 12.1. The number of rotatable bonds is 8. The Bertz CT molecular complexity index is 1200. The summed E-state index contributed by atoms with van der Waals surface area (Å²) in [6, 6.07) is 7.25. The predicted molar refractivity (Wildman–Crippen MR) is 187 cm³/mol. The van der Waals surface area contributed by atoms with Gasteiger partial charge in [-0.3, -0.25) is 9.13 Å². The van der Waals surface area contributed by atoms with Crippen molar-refractivity contribution in [1.29, 1.82) is 0 Å². The number of hydrogen-bond donors (Lipinski definition) is 4. The van der Waals surface area contributed by atoms with Gasteiger partial charge < -0.3 is 29.0 Å². The summed E-state index contributed by atoms with van der Waals surface area (Å²) in [6.07, 6.45) is -0.0967. The number of phenols is 2. The second kappa shape index (κ2) is 16.6. The van der Waals surface area contributed by atoms with Crippen LogP contribution in [-0.4, -0.2) is 84.6 Å². The molecule has 0 aliphatic rings. The molecule has 0 aromatic heterocycles. The third-order valence-electron chi connectivity index (χ3n) is 7.00. The Balaban J connectivity index is 0.000000842. The molecule has 2 rings (SSSR count). The largest absolute Gasteiger partial charge is 0.507 e. The minimum Gasteiger partial charge on any atom is -0.507 e. The van der Waals surface area contributed by atoms with Crippen molar-refractivity contribution < 1.29 is 38.2 Å². The van der Waals surface area contributed by atoms with E-state index in [4.69, 9.17) is 9.05 Å². The van der Waals surface area contributed by atoms with Gasteiger partial charge in [-0.05, 0) is 68.9 Å². The Labute approximate surface area is 315 Å².